The maximum atomic E-state index is 12.6. The molecule has 0 aromatic heterocycles. The highest BCUT2D eigenvalue weighted by Gasteiger charge is 2.44. The second kappa shape index (κ2) is 4.58. The zero-order valence-corrected chi connectivity index (χ0v) is 11.0. The van der Waals surface area contributed by atoms with Gasteiger partial charge in [-0.25, -0.2) is 0 Å². The fourth-order valence-corrected chi connectivity index (χ4v) is 3.06. The molecule has 4 heteroatoms. The number of β-amino-alcohol motifs (C(OH)–C–C–N with tert-alkyl or cyclic N) is 1. The predicted molar refractivity (Wildman–Crippen MR) is 66.6 cm³/mol. The van der Waals surface area contributed by atoms with Crippen LogP contribution in [0.3, 0.4) is 0 Å². The molecule has 2 N–H and O–H groups in total. The fourth-order valence-electron chi connectivity index (χ4n) is 3.06. The zero-order valence-electron chi connectivity index (χ0n) is 11.0. The molecule has 2 unspecified atom stereocenters. The van der Waals surface area contributed by atoms with Gasteiger partial charge in [-0.15, -0.1) is 0 Å². The molecular weight excluding hydrogens is 216 g/mol. The van der Waals surface area contributed by atoms with Crippen molar-refractivity contribution in [2.45, 2.75) is 45.1 Å². The van der Waals surface area contributed by atoms with Crippen molar-refractivity contribution in [1.82, 2.24) is 10.2 Å². The number of piperidine rings is 1. The van der Waals surface area contributed by atoms with Crippen LogP contribution in [0.5, 0.6) is 0 Å². The minimum Gasteiger partial charge on any atom is -0.388 e. The largest absolute Gasteiger partial charge is 0.388 e. The Bertz CT molecular complexity index is 296. The van der Waals surface area contributed by atoms with Crippen molar-refractivity contribution in [2.24, 2.45) is 5.41 Å². The van der Waals surface area contributed by atoms with Gasteiger partial charge in [-0.3, -0.25) is 4.79 Å². The molecule has 1 amide bonds. The summed E-state index contributed by atoms with van der Waals surface area (Å²) >= 11 is 0. The van der Waals surface area contributed by atoms with Gasteiger partial charge in [0.05, 0.1) is 11.0 Å². The van der Waals surface area contributed by atoms with Crippen LogP contribution in [0, 0.1) is 5.41 Å². The molecule has 2 heterocycles. The summed E-state index contributed by atoms with van der Waals surface area (Å²) in [4.78, 5) is 14.5. The van der Waals surface area contributed by atoms with E-state index in [-0.39, 0.29) is 11.3 Å². The highest BCUT2D eigenvalue weighted by molar-refractivity contribution is 5.83. The van der Waals surface area contributed by atoms with Crippen molar-refractivity contribution in [3.8, 4) is 0 Å². The third kappa shape index (κ3) is 2.47. The number of hydrogen-bond donors (Lipinski definition) is 2. The van der Waals surface area contributed by atoms with Crippen LogP contribution in [0.4, 0.5) is 0 Å². The molecule has 2 fully saturated rings. The summed E-state index contributed by atoms with van der Waals surface area (Å²) in [6.45, 7) is 6.92. The summed E-state index contributed by atoms with van der Waals surface area (Å²) in [5.74, 6) is 0.241. The van der Waals surface area contributed by atoms with E-state index in [0.717, 1.165) is 32.4 Å². The van der Waals surface area contributed by atoms with Crippen LogP contribution in [0.15, 0.2) is 0 Å². The third-order valence-electron chi connectivity index (χ3n) is 4.34. The molecule has 4 nitrogen and oxygen atoms in total. The van der Waals surface area contributed by atoms with Crippen LogP contribution in [-0.4, -0.2) is 47.7 Å². The van der Waals surface area contributed by atoms with Crippen molar-refractivity contribution in [2.75, 3.05) is 26.2 Å². The van der Waals surface area contributed by atoms with E-state index >= 15 is 0 Å². The SMILES string of the molecule is CCC1(C(=O)N2CCC(C)(O)C2)CCCNC1. The van der Waals surface area contributed by atoms with Gasteiger partial charge in [0.2, 0.25) is 5.91 Å². The Balaban J connectivity index is 2.07. The highest BCUT2D eigenvalue weighted by atomic mass is 16.3. The van der Waals surface area contributed by atoms with Crippen molar-refractivity contribution in [1.29, 1.82) is 0 Å². The number of nitrogens with one attached hydrogen (secondary N) is 1. The average Bonchev–Trinajstić information content (AvgIpc) is 2.69. The fraction of sp³-hybridized carbons (Fsp3) is 0.923. The quantitative estimate of drug-likeness (QED) is 0.749. The van der Waals surface area contributed by atoms with Gasteiger partial charge >= 0.3 is 0 Å². The molecule has 17 heavy (non-hydrogen) atoms. The summed E-state index contributed by atoms with van der Waals surface area (Å²) in [5, 5.41) is 13.3. The number of carbonyl (C=O) groups is 1. The summed E-state index contributed by atoms with van der Waals surface area (Å²) in [7, 11) is 0. The van der Waals surface area contributed by atoms with Crippen molar-refractivity contribution in [3.05, 3.63) is 0 Å². The van der Waals surface area contributed by atoms with Gasteiger partial charge in [0.25, 0.3) is 0 Å². The van der Waals surface area contributed by atoms with Crippen molar-refractivity contribution in [3.63, 3.8) is 0 Å². The first-order valence-electron chi connectivity index (χ1n) is 6.72. The van der Waals surface area contributed by atoms with Gasteiger partial charge in [0.1, 0.15) is 0 Å². The van der Waals surface area contributed by atoms with E-state index in [1.54, 1.807) is 0 Å². The molecule has 2 rings (SSSR count). The Morgan fingerprint density at radius 1 is 1.47 bits per heavy atom. The number of aliphatic hydroxyl groups is 1. The third-order valence-corrected chi connectivity index (χ3v) is 4.34. The second-order valence-corrected chi connectivity index (χ2v) is 5.89. The number of amides is 1. The van der Waals surface area contributed by atoms with Crippen LogP contribution < -0.4 is 5.32 Å². The topological polar surface area (TPSA) is 52.6 Å². The molecule has 2 saturated heterocycles. The minimum absolute atomic E-state index is 0.224. The van der Waals surface area contributed by atoms with Gasteiger partial charge in [-0.2, -0.15) is 0 Å². The Hall–Kier alpha value is -0.610. The lowest BCUT2D eigenvalue weighted by Gasteiger charge is -2.38. The van der Waals surface area contributed by atoms with Gasteiger partial charge in [-0.1, -0.05) is 6.92 Å². The van der Waals surface area contributed by atoms with Crippen molar-refractivity contribution < 1.29 is 9.90 Å². The van der Waals surface area contributed by atoms with E-state index in [1.807, 2.05) is 11.8 Å². The number of rotatable bonds is 2. The molecule has 0 aromatic rings. The Morgan fingerprint density at radius 3 is 2.71 bits per heavy atom. The van der Waals surface area contributed by atoms with Gasteiger partial charge < -0.3 is 15.3 Å². The smallest absolute Gasteiger partial charge is 0.230 e. The molecule has 0 bridgehead atoms. The molecule has 0 aromatic carbocycles. The number of likely N-dealkylation sites (tertiary alicyclic amines) is 1. The average molecular weight is 240 g/mol. The predicted octanol–water partition coefficient (Wildman–Crippen LogP) is 0.749. The van der Waals surface area contributed by atoms with E-state index < -0.39 is 5.60 Å². The van der Waals surface area contributed by atoms with Crippen LogP contribution in [0.1, 0.15) is 39.5 Å². The number of carbonyl (C=O) groups excluding carboxylic acids is 1. The number of nitrogens with zero attached hydrogens (tertiary/aromatic N) is 1. The van der Waals surface area contributed by atoms with Crippen LogP contribution >= 0.6 is 0 Å². The summed E-state index contributed by atoms with van der Waals surface area (Å²) < 4.78 is 0. The van der Waals surface area contributed by atoms with Crippen LogP contribution in [0.25, 0.3) is 0 Å². The van der Waals surface area contributed by atoms with E-state index in [2.05, 4.69) is 12.2 Å². The van der Waals surface area contributed by atoms with Crippen molar-refractivity contribution >= 4 is 5.91 Å². The summed E-state index contributed by atoms with van der Waals surface area (Å²) in [6.07, 6.45) is 3.64. The normalized spacial score (nSPS) is 38.4. The van der Waals surface area contributed by atoms with E-state index in [4.69, 9.17) is 0 Å². The molecule has 0 radical (unpaired) electrons. The first-order chi connectivity index (χ1) is 7.99. The molecule has 2 aliphatic heterocycles. The summed E-state index contributed by atoms with van der Waals surface area (Å²) in [5.41, 5.74) is -0.911. The lowest BCUT2D eigenvalue weighted by Crippen LogP contribution is -2.51. The van der Waals surface area contributed by atoms with E-state index in [0.29, 0.717) is 19.5 Å². The van der Waals surface area contributed by atoms with Gasteiger partial charge in [0.15, 0.2) is 0 Å². The Labute approximate surface area is 103 Å². The molecule has 0 spiro atoms. The maximum absolute atomic E-state index is 12.6. The minimum atomic E-state index is -0.688. The van der Waals surface area contributed by atoms with E-state index in [1.165, 1.54) is 0 Å². The molecular formula is C13H24N2O2. The van der Waals surface area contributed by atoms with E-state index in [9.17, 15) is 9.90 Å². The van der Waals surface area contributed by atoms with Gasteiger partial charge in [0, 0.05) is 19.6 Å². The first-order valence-corrected chi connectivity index (χ1v) is 6.72. The summed E-state index contributed by atoms with van der Waals surface area (Å²) in [6, 6.07) is 0. The molecule has 0 aliphatic carbocycles. The van der Waals surface area contributed by atoms with Crippen LogP contribution in [-0.2, 0) is 4.79 Å². The standard InChI is InChI=1S/C13H24N2O2/c1-3-13(5-4-7-14-9-13)11(16)15-8-6-12(2,17)10-15/h14,17H,3-10H2,1-2H3. The maximum Gasteiger partial charge on any atom is 0.230 e. The van der Waals surface area contributed by atoms with Gasteiger partial charge in [-0.05, 0) is 39.2 Å². The zero-order chi connectivity index (χ0) is 12.5. The number of hydrogen-bond acceptors (Lipinski definition) is 3. The molecule has 0 saturated carbocycles. The van der Waals surface area contributed by atoms with Crippen LogP contribution in [0.2, 0.25) is 0 Å². The second-order valence-electron chi connectivity index (χ2n) is 5.89. The molecule has 2 atom stereocenters. The monoisotopic (exact) mass is 240 g/mol. The Kier molecular flexibility index (Phi) is 3.46. The Morgan fingerprint density at radius 2 is 2.24 bits per heavy atom. The highest BCUT2D eigenvalue weighted by Crippen LogP contribution is 2.34. The lowest BCUT2D eigenvalue weighted by molar-refractivity contribution is -0.143. The lowest BCUT2D eigenvalue weighted by atomic mass is 9.77. The molecule has 2 aliphatic rings. The molecule has 98 valence electrons. The first kappa shape index (κ1) is 12.8.